The molecule has 13 heavy (non-hydrogen) atoms. The quantitative estimate of drug-likeness (QED) is 0.665. The SMILES string of the molecule is O=C(O)C1=CC=CC2CCCC=C12. The minimum absolute atomic E-state index is 0.352. The predicted molar refractivity (Wildman–Crippen MR) is 50.3 cm³/mol. The van der Waals surface area contributed by atoms with Crippen molar-refractivity contribution in [2.75, 3.05) is 0 Å². The maximum atomic E-state index is 10.9. The van der Waals surface area contributed by atoms with Crippen LogP contribution in [-0.4, -0.2) is 11.1 Å². The molecule has 0 heterocycles. The Morgan fingerprint density at radius 1 is 1.54 bits per heavy atom. The van der Waals surface area contributed by atoms with Gasteiger partial charge in [0.15, 0.2) is 0 Å². The molecule has 0 aliphatic heterocycles. The summed E-state index contributed by atoms with van der Waals surface area (Å²) < 4.78 is 0. The van der Waals surface area contributed by atoms with Crippen LogP contribution in [-0.2, 0) is 4.79 Å². The van der Waals surface area contributed by atoms with Crippen molar-refractivity contribution in [3.63, 3.8) is 0 Å². The van der Waals surface area contributed by atoms with Crippen molar-refractivity contribution >= 4 is 5.97 Å². The molecule has 0 spiro atoms. The molecule has 0 amide bonds. The lowest BCUT2D eigenvalue weighted by atomic mass is 9.81. The lowest BCUT2D eigenvalue weighted by molar-refractivity contribution is -0.132. The van der Waals surface area contributed by atoms with Crippen LogP contribution in [0.5, 0.6) is 0 Å². The highest BCUT2D eigenvalue weighted by molar-refractivity contribution is 5.93. The third kappa shape index (κ3) is 1.44. The molecule has 1 N–H and O–H groups in total. The fourth-order valence-electron chi connectivity index (χ4n) is 1.99. The van der Waals surface area contributed by atoms with E-state index < -0.39 is 5.97 Å². The van der Waals surface area contributed by atoms with Gasteiger partial charge in [0, 0.05) is 5.92 Å². The van der Waals surface area contributed by atoms with Crippen molar-refractivity contribution < 1.29 is 9.90 Å². The molecule has 0 aromatic heterocycles. The number of fused-ring (bicyclic) bond motifs is 1. The molecule has 1 unspecified atom stereocenters. The van der Waals surface area contributed by atoms with Gasteiger partial charge in [-0.2, -0.15) is 0 Å². The van der Waals surface area contributed by atoms with Gasteiger partial charge in [0.1, 0.15) is 0 Å². The van der Waals surface area contributed by atoms with E-state index in [1.54, 1.807) is 6.08 Å². The number of allylic oxidation sites excluding steroid dienone is 4. The van der Waals surface area contributed by atoms with E-state index in [1.165, 1.54) is 6.42 Å². The van der Waals surface area contributed by atoms with E-state index in [0.717, 1.165) is 18.4 Å². The number of hydrogen-bond donors (Lipinski definition) is 1. The highest BCUT2D eigenvalue weighted by atomic mass is 16.4. The second kappa shape index (κ2) is 3.21. The van der Waals surface area contributed by atoms with Gasteiger partial charge in [-0.15, -0.1) is 0 Å². The molecule has 0 fully saturated rings. The van der Waals surface area contributed by atoms with E-state index in [0.29, 0.717) is 11.5 Å². The molecule has 0 bridgehead atoms. The van der Waals surface area contributed by atoms with Gasteiger partial charge < -0.3 is 5.11 Å². The topological polar surface area (TPSA) is 37.3 Å². The van der Waals surface area contributed by atoms with Gasteiger partial charge in [0.25, 0.3) is 0 Å². The Hall–Kier alpha value is -1.31. The fraction of sp³-hybridized carbons (Fsp3) is 0.364. The van der Waals surface area contributed by atoms with Crippen LogP contribution in [0, 0.1) is 5.92 Å². The summed E-state index contributed by atoms with van der Waals surface area (Å²) >= 11 is 0. The standard InChI is InChI=1S/C11H12O2/c12-11(13)10-7-3-5-8-4-1-2-6-9(8)10/h3,5-8H,1-2,4H2,(H,12,13). The van der Waals surface area contributed by atoms with Crippen LogP contribution in [0.1, 0.15) is 19.3 Å². The van der Waals surface area contributed by atoms with E-state index in [9.17, 15) is 4.79 Å². The van der Waals surface area contributed by atoms with Crippen molar-refractivity contribution in [2.24, 2.45) is 5.92 Å². The van der Waals surface area contributed by atoms with E-state index >= 15 is 0 Å². The maximum Gasteiger partial charge on any atom is 0.335 e. The Kier molecular flexibility index (Phi) is 2.05. The predicted octanol–water partition coefficient (Wildman–Crippen LogP) is 2.29. The van der Waals surface area contributed by atoms with Gasteiger partial charge in [-0.3, -0.25) is 0 Å². The van der Waals surface area contributed by atoms with Crippen LogP contribution in [0.15, 0.2) is 35.5 Å². The van der Waals surface area contributed by atoms with E-state index in [4.69, 9.17) is 5.11 Å². The molecule has 0 radical (unpaired) electrons. The lowest BCUT2D eigenvalue weighted by Crippen LogP contribution is -2.15. The van der Waals surface area contributed by atoms with Crippen LogP contribution in [0.4, 0.5) is 0 Å². The van der Waals surface area contributed by atoms with Gasteiger partial charge in [-0.05, 0) is 30.9 Å². The van der Waals surface area contributed by atoms with Crippen molar-refractivity contribution in [2.45, 2.75) is 19.3 Å². The van der Waals surface area contributed by atoms with Crippen molar-refractivity contribution in [1.29, 1.82) is 0 Å². The summed E-state index contributed by atoms with van der Waals surface area (Å²) in [6.45, 7) is 0. The first kappa shape index (κ1) is 8.30. The first-order chi connectivity index (χ1) is 6.29. The summed E-state index contributed by atoms with van der Waals surface area (Å²) in [4.78, 5) is 10.9. The summed E-state index contributed by atoms with van der Waals surface area (Å²) in [5.74, 6) is -0.452. The monoisotopic (exact) mass is 176 g/mol. The number of carbonyl (C=O) groups is 1. The fourth-order valence-corrected chi connectivity index (χ4v) is 1.99. The Labute approximate surface area is 77.3 Å². The van der Waals surface area contributed by atoms with E-state index in [1.807, 2.05) is 6.08 Å². The second-order valence-corrected chi connectivity index (χ2v) is 3.47. The van der Waals surface area contributed by atoms with Gasteiger partial charge in [0.05, 0.1) is 5.57 Å². The number of rotatable bonds is 1. The molecule has 0 saturated heterocycles. The molecule has 2 nitrogen and oxygen atoms in total. The van der Waals surface area contributed by atoms with Crippen LogP contribution in [0.2, 0.25) is 0 Å². The zero-order valence-electron chi connectivity index (χ0n) is 7.36. The molecule has 68 valence electrons. The third-order valence-electron chi connectivity index (χ3n) is 2.63. The smallest absolute Gasteiger partial charge is 0.335 e. The molecule has 2 heteroatoms. The molecule has 0 aromatic rings. The molecule has 0 saturated carbocycles. The Bertz CT molecular complexity index is 321. The highest BCUT2D eigenvalue weighted by Crippen LogP contribution is 2.33. The minimum atomic E-state index is -0.803. The normalized spacial score (nSPS) is 26.0. The minimum Gasteiger partial charge on any atom is -0.478 e. The maximum absolute atomic E-state index is 10.9. The number of aliphatic carboxylic acids is 1. The van der Waals surface area contributed by atoms with Crippen molar-refractivity contribution in [3.05, 3.63) is 35.5 Å². The second-order valence-electron chi connectivity index (χ2n) is 3.47. The molecule has 2 aliphatic rings. The van der Waals surface area contributed by atoms with Crippen LogP contribution >= 0.6 is 0 Å². The highest BCUT2D eigenvalue weighted by Gasteiger charge is 2.23. The number of carboxylic acid groups (broad SMARTS) is 1. The van der Waals surface area contributed by atoms with Gasteiger partial charge in [-0.1, -0.05) is 18.2 Å². The average Bonchev–Trinajstić information content (AvgIpc) is 2.17. The van der Waals surface area contributed by atoms with Crippen LogP contribution in [0.25, 0.3) is 0 Å². The Morgan fingerprint density at radius 2 is 2.38 bits per heavy atom. The number of hydrogen-bond acceptors (Lipinski definition) is 1. The van der Waals surface area contributed by atoms with Crippen molar-refractivity contribution in [3.8, 4) is 0 Å². The summed E-state index contributed by atoms with van der Waals surface area (Å²) in [5, 5.41) is 8.93. The van der Waals surface area contributed by atoms with Crippen LogP contribution in [0.3, 0.4) is 0 Å². The third-order valence-corrected chi connectivity index (χ3v) is 2.63. The first-order valence-corrected chi connectivity index (χ1v) is 4.61. The van der Waals surface area contributed by atoms with E-state index in [2.05, 4.69) is 12.2 Å². The summed E-state index contributed by atoms with van der Waals surface area (Å²) in [6, 6.07) is 0. The molecular weight excluding hydrogens is 164 g/mol. The molecule has 2 rings (SSSR count). The Morgan fingerprint density at radius 3 is 3.15 bits per heavy atom. The van der Waals surface area contributed by atoms with E-state index in [-0.39, 0.29) is 0 Å². The lowest BCUT2D eigenvalue weighted by Gasteiger charge is -2.24. The zero-order valence-corrected chi connectivity index (χ0v) is 7.36. The van der Waals surface area contributed by atoms with Gasteiger partial charge >= 0.3 is 5.97 Å². The molecule has 2 aliphatic carbocycles. The molecule has 0 aromatic carbocycles. The largest absolute Gasteiger partial charge is 0.478 e. The summed E-state index contributed by atoms with van der Waals surface area (Å²) in [7, 11) is 0. The van der Waals surface area contributed by atoms with Crippen molar-refractivity contribution in [1.82, 2.24) is 0 Å². The molecular formula is C11H12O2. The van der Waals surface area contributed by atoms with Gasteiger partial charge in [0.2, 0.25) is 0 Å². The first-order valence-electron chi connectivity index (χ1n) is 4.61. The van der Waals surface area contributed by atoms with Gasteiger partial charge in [-0.25, -0.2) is 4.79 Å². The zero-order chi connectivity index (χ0) is 9.26. The number of carboxylic acids is 1. The summed E-state index contributed by atoms with van der Waals surface area (Å²) in [6.07, 6.45) is 11.0. The molecule has 1 atom stereocenters. The average molecular weight is 176 g/mol. The Balaban J connectivity index is 2.37. The summed E-state index contributed by atoms with van der Waals surface area (Å²) in [5.41, 5.74) is 1.49. The van der Waals surface area contributed by atoms with Crippen LogP contribution < -0.4 is 0 Å².